The lowest BCUT2D eigenvalue weighted by Crippen LogP contribution is -2.29. The van der Waals surface area contributed by atoms with E-state index in [4.69, 9.17) is 10.0 Å². The minimum Gasteiger partial charge on any atom is -0.423 e. The number of aromatic nitrogens is 2. The largest absolute Gasteiger partial charge is 0.488 e. The molecular weight excluding hydrogens is 1250 g/mol. The van der Waals surface area contributed by atoms with Crippen molar-refractivity contribution in [3.8, 4) is 33.4 Å². The summed E-state index contributed by atoms with van der Waals surface area (Å²) < 4.78 is 3.79. The first-order valence-corrected chi connectivity index (χ1v) is 24.0. The van der Waals surface area contributed by atoms with Gasteiger partial charge in [0, 0.05) is 76.6 Å². The number of hydrogen-bond donors (Lipinski definition) is 4. The van der Waals surface area contributed by atoms with Gasteiger partial charge in [-0.15, -0.1) is 24.0 Å². The van der Waals surface area contributed by atoms with Crippen LogP contribution in [0.3, 0.4) is 0 Å². The van der Waals surface area contributed by atoms with Crippen LogP contribution in [0, 0.1) is 13.2 Å². The van der Waals surface area contributed by atoms with Gasteiger partial charge in [0.1, 0.15) is 11.6 Å². The Labute approximate surface area is 437 Å². The number of benzene rings is 9. The number of nitrogens with one attached hydrogen (secondary N) is 2. The number of para-hydroxylation sites is 2. The van der Waals surface area contributed by atoms with Crippen molar-refractivity contribution in [2.75, 3.05) is 0 Å². The molecule has 316 valence electrons. The maximum absolute atomic E-state index is 9.17. The highest BCUT2D eigenvalue weighted by Gasteiger charge is 2.19. The zero-order chi connectivity index (χ0) is 43.7. The van der Waals surface area contributed by atoms with Crippen LogP contribution in [-0.4, -0.2) is 27.1 Å². The van der Waals surface area contributed by atoms with E-state index >= 15 is 0 Å². The third-order valence-electron chi connectivity index (χ3n) is 11.7. The first-order chi connectivity index (χ1) is 31.3. The highest BCUT2D eigenvalue weighted by Crippen LogP contribution is 2.36. The summed E-state index contributed by atoms with van der Waals surface area (Å²) in [5, 5.41) is 25.9. The van der Waals surface area contributed by atoms with Crippen LogP contribution in [0.25, 0.3) is 97.4 Å². The quantitative estimate of drug-likeness (QED) is 0.0806. The van der Waals surface area contributed by atoms with Crippen LogP contribution in [0.4, 0.5) is 0 Å². The Morgan fingerprint density at radius 1 is 0.462 bits per heavy atom. The average Bonchev–Trinajstić information content (AvgIpc) is 3.90. The molecule has 4 nitrogen and oxygen atoms in total. The number of allylic oxidation sites excluding steroid dienone is 2. The lowest BCUT2D eigenvalue weighted by Gasteiger charge is -2.10. The Hall–Kier alpha value is -4.87. The summed E-state index contributed by atoms with van der Waals surface area (Å²) in [5.74, 6) is 0. The SMILES string of the molecule is I.IC1=[C+]C=Cc2cccc(I)c21.Ic1cccc2cccc(-c3ccc(-c4ccc5[nH]c6ccccc6c5c4)cc3)c12.OB(O)c1ccc(-c2ccc3[nH]c4ccccc4c3c2)cc1.[HH]. The normalized spacial score (nSPS) is 11.6. The molecule has 9 aromatic carbocycles. The lowest BCUT2D eigenvalue weighted by atomic mass is 9.80. The van der Waals surface area contributed by atoms with Crippen molar-refractivity contribution in [3.63, 3.8) is 0 Å². The number of aromatic amines is 2. The molecule has 4 N–H and O–H groups in total. The molecule has 1 aliphatic rings. The molecule has 2 heterocycles. The van der Waals surface area contributed by atoms with Gasteiger partial charge in [-0.05, 0) is 144 Å². The second-order valence-corrected chi connectivity index (χ2v) is 19.0. The molecule has 0 radical (unpaired) electrons. The van der Waals surface area contributed by atoms with Gasteiger partial charge in [0.05, 0.1) is 21.3 Å². The van der Waals surface area contributed by atoms with Crippen LogP contribution in [-0.2, 0) is 0 Å². The Bertz CT molecular complexity index is 3580. The second kappa shape index (κ2) is 19.9. The molecule has 0 atom stereocenters. The molecule has 0 aliphatic heterocycles. The van der Waals surface area contributed by atoms with Crippen LogP contribution in [0.2, 0.25) is 0 Å². The van der Waals surface area contributed by atoms with Gasteiger partial charge in [-0.3, -0.25) is 0 Å². The maximum Gasteiger partial charge on any atom is 0.488 e. The fraction of sp³-hybridized carbons (Fsp3) is 0. The van der Waals surface area contributed by atoms with E-state index in [1.807, 2.05) is 30.3 Å². The molecule has 0 saturated heterocycles. The first kappa shape index (κ1) is 45.3. The first-order valence-electron chi connectivity index (χ1n) is 20.8. The molecule has 0 amide bonds. The number of fused-ring (bicyclic) bond motifs is 8. The van der Waals surface area contributed by atoms with E-state index in [2.05, 4.69) is 242 Å². The predicted molar refractivity (Wildman–Crippen MR) is 314 cm³/mol. The van der Waals surface area contributed by atoms with Gasteiger partial charge < -0.3 is 20.0 Å². The fourth-order valence-electron chi connectivity index (χ4n) is 8.47. The van der Waals surface area contributed by atoms with E-state index in [0.29, 0.717) is 5.46 Å². The number of rotatable bonds is 4. The van der Waals surface area contributed by atoms with Gasteiger partial charge in [0.25, 0.3) is 0 Å². The summed E-state index contributed by atoms with van der Waals surface area (Å²) in [5.41, 5.74) is 14.9. The van der Waals surface area contributed by atoms with Crippen LogP contribution in [0.1, 0.15) is 12.6 Å². The van der Waals surface area contributed by atoms with Crippen molar-refractivity contribution < 1.29 is 11.5 Å². The van der Waals surface area contributed by atoms with Gasteiger partial charge in [0.15, 0.2) is 3.58 Å². The maximum atomic E-state index is 9.17. The molecule has 11 aromatic rings. The van der Waals surface area contributed by atoms with E-state index in [0.717, 1.165) is 22.2 Å². The summed E-state index contributed by atoms with van der Waals surface area (Å²) in [6.45, 7) is 0. The van der Waals surface area contributed by atoms with Gasteiger partial charge >= 0.3 is 7.12 Å². The van der Waals surface area contributed by atoms with Crippen LogP contribution >= 0.6 is 91.7 Å². The molecule has 0 unspecified atom stereocenters. The zero-order valence-electron chi connectivity index (χ0n) is 34.6. The van der Waals surface area contributed by atoms with E-state index in [1.165, 1.54) is 87.5 Å². The van der Waals surface area contributed by atoms with Crippen LogP contribution < -0.4 is 5.46 Å². The van der Waals surface area contributed by atoms with Crippen molar-refractivity contribution in [3.05, 3.63) is 218 Å². The fourth-order valence-corrected chi connectivity index (χ4v) is 11.4. The van der Waals surface area contributed by atoms with Crippen LogP contribution in [0.5, 0.6) is 0 Å². The highest BCUT2D eigenvalue weighted by atomic mass is 127. The third kappa shape index (κ3) is 9.42. The van der Waals surface area contributed by atoms with E-state index < -0.39 is 7.12 Å². The van der Waals surface area contributed by atoms with Crippen molar-refractivity contribution in [2.24, 2.45) is 0 Å². The standard InChI is InChI=1S/C28H18IN.C18H14BNO2.C10H5I2.HI.H2/c29-25-9-4-6-20-5-3-8-22(28(20)25)19-13-11-18(12-14-19)21-15-16-27-24(17-21)23-7-1-2-10-26(23)30-27;21-19(22)14-8-5-12(6-9-14)13-7-10-18-16(11-13)15-3-1-2-4-17(15)20-18;11-8-5-1-3-7-4-2-6-9(12)10(7)8;;/h1-17,30H;1-11,20-22H;1-5H;2*1H/q;;+1;;. The summed E-state index contributed by atoms with van der Waals surface area (Å²) in [6.07, 6.45) is 7.27. The number of hydrogen-bond acceptors (Lipinski definition) is 2. The third-order valence-corrected chi connectivity index (χ3v) is 14.3. The summed E-state index contributed by atoms with van der Waals surface area (Å²) >= 11 is 7.12. The molecular formula is C56H40BI4N2O2+. The Morgan fingerprint density at radius 3 is 1.54 bits per heavy atom. The lowest BCUT2D eigenvalue weighted by molar-refractivity contribution is 0.426. The molecule has 1 aliphatic carbocycles. The Balaban J connectivity index is 0.000000144. The number of halogens is 4. The molecule has 0 fully saturated rings. The zero-order valence-corrected chi connectivity index (χ0v) is 43.4. The molecule has 0 saturated carbocycles. The minimum absolute atomic E-state index is 0. The van der Waals surface area contributed by atoms with E-state index in [-0.39, 0.29) is 25.4 Å². The molecule has 0 bridgehead atoms. The summed E-state index contributed by atoms with van der Waals surface area (Å²) in [6, 6.07) is 65.4. The van der Waals surface area contributed by atoms with E-state index in [9.17, 15) is 0 Å². The van der Waals surface area contributed by atoms with Crippen molar-refractivity contribution >= 4 is 168 Å². The van der Waals surface area contributed by atoms with Crippen molar-refractivity contribution in [1.82, 2.24) is 9.97 Å². The average molecular weight is 1290 g/mol. The highest BCUT2D eigenvalue weighted by molar-refractivity contribution is 14.1. The summed E-state index contributed by atoms with van der Waals surface area (Å²) in [4.78, 5) is 6.92. The van der Waals surface area contributed by atoms with Crippen molar-refractivity contribution in [1.29, 1.82) is 0 Å². The summed E-state index contributed by atoms with van der Waals surface area (Å²) in [7, 11) is -1.43. The van der Waals surface area contributed by atoms with Gasteiger partial charge in [-0.1, -0.05) is 133 Å². The van der Waals surface area contributed by atoms with Crippen molar-refractivity contribution in [2.45, 2.75) is 0 Å². The van der Waals surface area contributed by atoms with E-state index in [1.54, 1.807) is 12.1 Å². The minimum atomic E-state index is -1.43. The molecule has 2 aromatic heterocycles. The smallest absolute Gasteiger partial charge is 0.423 e. The molecule has 0 spiro atoms. The number of H-pyrrole nitrogens is 2. The van der Waals surface area contributed by atoms with Gasteiger partial charge in [-0.2, -0.15) is 0 Å². The Morgan fingerprint density at radius 2 is 0.954 bits per heavy atom. The predicted octanol–water partition coefficient (Wildman–Crippen LogP) is 15.8. The molecule has 12 rings (SSSR count). The van der Waals surface area contributed by atoms with Gasteiger partial charge in [0.2, 0.25) is 0 Å². The van der Waals surface area contributed by atoms with Crippen LogP contribution in [0.15, 0.2) is 194 Å². The molecule has 9 heteroatoms. The topological polar surface area (TPSA) is 72.0 Å². The monoisotopic (exact) mass is 1290 g/mol. The molecule has 65 heavy (non-hydrogen) atoms. The van der Waals surface area contributed by atoms with Gasteiger partial charge in [-0.25, -0.2) is 0 Å². The second-order valence-electron chi connectivity index (χ2n) is 15.6. The Kier molecular flexibility index (Phi) is 13.9.